The van der Waals surface area contributed by atoms with Crippen LogP contribution < -0.4 is 0 Å². The van der Waals surface area contributed by atoms with Crippen molar-refractivity contribution in [2.75, 3.05) is 0 Å². The van der Waals surface area contributed by atoms with Gasteiger partial charge < -0.3 is 44.9 Å². The minimum atomic E-state index is 0. The van der Waals surface area contributed by atoms with Gasteiger partial charge in [-0.1, -0.05) is 248 Å². The Kier molecular flexibility index (Phi) is 40.0. The van der Waals surface area contributed by atoms with Crippen LogP contribution in [0.15, 0.2) is 523 Å². The van der Waals surface area contributed by atoms with Crippen molar-refractivity contribution < 1.29 is 60.3 Å². The summed E-state index contributed by atoms with van der Waals surface area (Å²) in [6.45, 7) is 13.2. The van der Waals surface area contributed by atoms with Gasteiger partial charge in [0.1, 0.15) is 0 Å². The predicted molar refractivity (Wildman–Crippen MR) is 604 cm³/mol. The third kappa shape index (κ3) is 29.9. The molecule has 12 heteroatoms. The SMILES string of the molecule is CC(C)(C)c1ccc(-c2[c-]cccc2)nc1.CC(C)(C)c1ccnc(-c2[c-]cccc2)c1.[Ir+3].[Ir+3].[Ir+3].[c-]1ccccc1-c1ccc(-c2ccccc2)cn1.[c-]1ccccc1-c1nccc2ccccc12.[c-]1ccccc1-c1nccc2ccccc12.[c-]1ccccc1-c1nccc2ccccc12.[c-]1ccccc1-c1nccc2ccccc12.[c-]1ccccc1-c1nccc2ccccc12.[c-]1ccccc1-c1nccc2ccccc12. The number of nitrogens with zero attached hydrogens (tertiary/aromatic N) is 9. The first-order chi connectivity index (χ1) is 71.8. The van der Waals surface area contributed by atoms with Gasteiger partial charge in [-0.15, -0.1) is 323 Å². The number of benzene rings is 16. The molecule has 0 bridgehead atoms. The quantitative estimate of drug-likeness (QED) is 0.123. The van der Waals surface area contributed by atoms with Crippen LogP contribution in [0.3, 0.4) is 0 Å². The number of hydrogen-bond donors (Lipinski definition) is 0. The zero-order chi connectivity index (χ0) is 100. The van der Waals surface area contributed by atoms with Crippen molar-refractivity contribution in [2.24, 2.45) is 0 Å². The average molecular weight is 2450 g/mol. The maximum Gasteiger partial charge on any atom is 3.00 e. The maximum atomic E-state index is 4.49. The van der Waals surface area contributed by atoms with Crippen LogP contribution >= 0.6 is 0 Å². The van der Waals surface area contributed by atoms with Crippen LogP contribution in [0.5, 0.6) is 0 Å². The molecular weight excluding hydrogens is 2350 g/mol. The molecule has 0 aliphatic heterocycles. The molecule has 0 atom stereocenters. The van der Waals surface area contributed by atoms with E-state index in [1.54, 1.807) is 0 Å². The fourth-order valence-electron chi connectivity index (χ4n) is 16.3. The van der Waals surface area contributed by atoms with Crippen molar-refractivity contribution in [2.45, 2.75) is 52.4 Å². The molecule has 724 valence electrons. The van der Waals surface area contributed by atoms with E-state index in [2.05, 4.69) is 256 Å². The molecule has 149 heavy (non-hydrogen) atoms. The molecule has 0 N–H and O–H groups in total. The summed E-state index contributed by atoms with van der Waals surface area (Å²) in [5.74, 6) is 0. The van der Waals surface area contributed by atoms with E-state index >= 15 is 0 Å². The van der Waals surface area contributed by atoms with Crippen molar-refractivity contribution in [1.82, 2.24) is 44.9 Å². The van der Waals surface area contributed by atoms with Crippen molar-refractivity contribution in [3.8, 4) is 112 Å². The summed E-state index contributed by atoms with van der Waals surface area (Å²) in [5.41, 5.74) is 23.5. The molecule has 0 unspecified atom stereocenters. The molecule has 0 spiro atoms. The number of fused-ring (bicyclic) bond motifs is 6. The third-order valence-electron chi connectivity index (χ3n) is 23.9. The van der Waals surface area contributed by atoms with Crippen LogP contribution in [0.25, 0.3) is 177 Å². The summed E-state index contributed by atoms with van der Waals surface area (Å²) < 4.78 is 0. The Labute approximate surface area is 915 Å². The fraction of sp³-hybridized carbons (Fsp3) is 0.0584. The number of aromatic nitrogens is 9. The molecule has 0 fully saturated rings. The molecule has 0 radical (unpaired) electrons. The van der Waals surface area contributed by atoms with Gasteiger partial charge >= 0.3 is 60.3 Å². The van der Waals surface area contributed by atoms with Crippen molar-refractivity contribution >= 4 is 64.6 Å². The average Bonchev–Trinajstić information content (AvgIpc) is 0.816. The second-order valence-corrected chi connectivity index (χ2v) is 35.9. The normalized spacial score (nSPS) is 10.5. The summed E-state index contributed by atoms with van der Waals surface area (Å²) in [6.07, 6.45) is 16.8. The van der Waals surface area contributed by atoms with Gasteiger partial charge in [-0.2, -0.15) is 0 Å². The Morgan fingerprint density at radius 1 is 0.161 bits per heavy atom. The van der Waals surface area contributed by atoms with E-state index in [1.165, 1.54) is 81.3 Å². The van der Waals surface area contributed by atoms with Gasteiger partial charge in [0.25, 0.3) is 0 Å². The van der Waals surface area contributed by atoms with E-state index in [-0.39, 0.29) is 71.1 Å². The van der Waals surface area contributed by atoms with Gasteiger partial charge in [0, 0.05) is 55.8 Å². The molecule has 25 rings (SSSR count). The summed E-state index contributed by atoms with van der Waals surface area (Å²) in [4.78, 5) is 40.0. The van der Waals surface area contributed by atoms with Gasteiger partial charge in [-0.25, -0.2) is 0 Å². The Bertz CT molecular complexity index is 7400. The van der Waals surface area contributed by atoms with Crippen LogP contribution in [0.2, 0.25) is 0 Å². The standard InChI is InChI=1S/C17H12N.6C15H10N.2C15H16N.3Ir/c1-3-7-14(8-4-1)16-11-12-17(18-13-16)15-9-5-2-6-10-15;6*1-2-7-13(8-3-1)15-14-9-5-4-6-12(14)10-11-16-15;1-15(2,3)13-9-10-16-14(11-13)12-7-5-4-6-8-12;1-15(2,3)13-9-10-14(16-11-13)12-7-5-4-6-8-12;;;/h1-9,11-13H;6*1-7,9-11H;2*4-7,9-11H,1-3H3;;;/q9*-1;3*+3. The minimum Gasteiger partial charge on any atom is -0.305 e. The smallest absolute Gasteiger partial charge is 0.305 e. The Balaban J connectivity index is 0.000000132. The largest absolute Gasteiger partial charge is 3.00 e. The number of pyridine rings is 9. The number of rotatable bonds is 10. The second kappa shape index (κ2) is 55.1. The van der Waals surface area contributed by atoms with Crippen molar-refractivity contribution in [3.63, 3.8) is 0 Å². The van der Waals surface area contributed by atoms with Gasteiger partial charge in [0.05, 0.1) is 0 Å². The first-order valence-corrected chi connectivity index (χ1v) is 48.5. The van der Waals surface area contributed by atoms with Gasteiger partial charge in [0.15, 0.2) is 0 Å². The van der Waals surface area contributed by atoms with Gasteiger partial charge in [0.2, 0.25) is 0 Å². The van der Waals surface area contributed by atoms with Crippen molar-refractivity contribution in [1.29, 1.82) is 0 Å². The Morgan fingerprint density at radius 3 is 0.611 bits per heavy atom. The third-order valence-corrected chi connectivity index (χ3v) is 23.9. The monoisotopic (exact) mass is 2450 g/mol. The minimum absolute atomic E-state index is 0. The van der Waals surface area contributed by atoms with E-state index in [0.717, 1.165) is 107 Å². The van der Waals surface area contributed by atoms with E-state index in [9.17, 15) is 0 Å². The molecule has 9 aromatic heterocycles. The first-order valence-electron chi connectivity index (χ1n) is 48.5. The molecule has 9 heterocycles. The van der Waals surface area contributed by atoms with E-state index in [4.69, 9.17) is 0 Å². The molecule has 9 nitrogen and oxygen atoms in total. The second-order valence-electron chi connectivity index (χ2n) is 35.9. The molecule has 0 aliphatic rings. The molecule has 0 aliphatic carbocycles. The molecule has 0 saturated heterocycles. The van der Waals surface area contributed by atoms with E-state index in [1.807, 2.05) is 408 Å². The number of hydrogen-bond acceptors (Lipinski definition) is 9. The maximum absolute atomic E-state index is 4.49. The molecule has 16 aromatic carbocycles. The first kappa shape index (κ1) is 108. The Morgan fingerprint density at radius 2 is 0.383 bits per heavy atom. The molecule has 0 saturated carbocycles. The van der Waals surface area contributed by atoms with Crippen LogP contribution in [0.4, 0.5) is 0 Å². The molecular formula is C137H104Ir3N9. The van der Waals surface area contributed by atoms with Crippen LogP contribution in [0.1, 0.15) is 52.7 Å². The summed E-state index contributed by atoms with van der Waals surface area (Å²) in [6, 6.07) is 185. The van der Waals surface area contributed by atoms with E-state index < -0.39 is 0 Å². The molecule has 0 amide bonds. The summed E-state index contributed by atoms with van der Waals surface area (Å²) in [7, 11) is 0. The van der Waals surface area contributed by atoms with E-state index in [0.29, 0.717) is 0 Å². The zero-order valence-electron chi connectivity index (χ0n) is 83.2. The molecule has 25 aromatic rings. The van der Waals surface area contributed by atoms with Crippen LogP contribution in [-0.4, -0.2) is 44.9 Å². The predicted octanol–water partition coefficient (Wildman–Crippen LogP) is 34.1. The van der Waals surface area contributed by atoms with Gasteiger partial charge in [-0.3, -0.25) is 0 Å². The van der Waals surface area contributed by atoms with Gasteiger partial charge in [-0.05, 0) is 191 Å². The van der Waals surface area contributed by atoms with Crippen molar-refractivity contribution in [3.05, 3.63) is 589 Å². The Hall–Kier alpha value is -16.6. The summed E-state index contributed by atoms with van der Waals surface area (Å²) >= 11 is 0. The zero-order valence-corrected chi connectivity index (χ0v) is 90.4. The van der Waals surface area contributed by atoms with Crippen LogP contribution in [0, 0.1) is 54.6 Å². The topological polar surface area (TPSA) is 116 Å². The van der Waals surface area contributed by atoms with Crippen LogP contribution in [-0.2, 0) is 71.1 Å². The summed E-state index contributed by atoms with van der Waals surface area (Å²) in [5, 5.41) is 14.3. The fourth-order valence-corrected chi connectivity index (χ4v) is 16.3.